The Hall–Kier alpha value is -2.65. The van der Waals surface area contributed by atoms with E-state index in [1.54, 1.807) is 32.4 Å². The molecular weight excluding hydrogens is 394 g/mol. The Kier molecular flexibility index (Phi) is 7.21. The fourth-order valence-corrected chi connectivity index (χ4v) is 4.50. The van der Waals surface area contributed by atoms with Gasteiger partial charge in [0.15, 0.2) is 0 Å². The average Bonchev–Trinajstić information content (AvgIpc) is 2.90. The Labute approximate surface area is 171 Å². The number of nitrogens with zero attached hydrogens (tertiary/aromatic N) is 1. The fraction of sp³-hybridized carbons (Fsp3) is 0.400. The summed E-state index contributed by atoms with van der Waals surface area (Å²) in [5.74, 6) is -1.18. The predicted octanol–water partition coefficient (Wildman–Crippen LogP) is 1.72. The maximum Gasteiger partial charge on any atom is 0.341 e. The number of carbonyl (C=O) groups excluding carboxylic acids is 2. The number of aromatic nitrogens is 1. The molecule has 1 heterocycles. The molecule has 0 spiro atoms. The molecule has 0 fully saturated rings. The minimum Gasteiger partial charge on any atom is -0.462 e. The molecule has 2 N–H and O–H groups in total. The molecular formula is C20H27N3O5S. The molecule has 0 unspecified atom stereocenters. The Morgan fingerprint density at radius 1 is 1.14 bits per heavy atom. The second kappa shape index (κ2) is 9.23. The molecule has 0 saturated carbocycles. The number of amides is 1. The first-order valence-electron chi connectivity index (χ1n) is 9.23. The molecule has 2 aromatic rings. The molecule has 1 aromatic carbocycles. The lowest BCUT2D eigenvalue weighted by atomic mass is 10.1. The van der Waals surface area contributed by atoms with Crippen LogP contribution in [0.15, 0.2) is 29.2 Å². The van der Waals surface area contributed by atoms with E-state index in [9.17, 15) is 18.0 Å². The highest BCUT2D eigenvalue weighted by molar-refractivity contribution is 7.89. The topological polar surface area (TPSA) is 106 Å². The van der Waals surface area contributed by atoms with E-state index in [0.29, 0.717) is 17.9 Å². The lowest BCUT2D eigenvalue weighted by Crippen LogP contribution is -2.37. The van der Waals surface area contributed by atoms with Crippen LogP contribution in [0.2, 0.25) is 0 Å². The Bertz CT molecular complexity index is 1020. The van der Waals surface area contributed by atoms with Crippen molar-refractivity contribution in [2.45, 2.75) is 39.1 Å². The van der Waals surface area contributed by atoms with E-state index in [-0.39, 0.29) is 17.1 Å². The zero-order valence-electron chi connectivity index (χ0n) is 17.3. The largest absolute Gasteiger partial charge is 0.462 e. The van der Waals surface area contributed by atoms with Gasteiger partial charge in [-0.15, -0.1) is 0 Å². The molecule has 1 amide bonds. The van der Waals surface area contributed by atoms with Gasteiger partial charge in [0.25, 0.3) is 0 Å². The van der Waals surface area contributed by atoms with Crippen LogP contribution >= 0.6 is 0 Å². The van der Waals surface area contributed by atoms with Gasteiger partial charge in [-0.1, -0.05) is 29.8 Å². The Morgan fingerprint density at radius 2 is 1.83 bits per heavy atom. The number of esters is 1. The summed E-state index contributed by atoms with van der Waals surface area (Å²) in [5.41, 5.74) is 2.84. The molecule has 2 rings (SSSR count). The molecule has 0 atom stereocenters. The number of hydrogen-bond acceptors (Lipinski definition) is 5. The molecule has 0 saturated heterocycles. The monoisotopic (exact) mass is 421 g/mol. The highest BCUT2D eigenvalue weighted by atomic mass is 32.2. The summed E-state index contributed by atoms with van der Waals surface area (Å²) < 4.78 is 34.6. The average molecular weight is 422 g/mol. The number of hydrogen-bond donors (Lipinski definition) is 2. The van der Waals surface area contributed by atoms with Gasteiger partial charge in [-0.05, 0) is 33.3 Å². The van der Waals surface area contributed by atoms with Crippen molar-refractivity contribution in [3.8, 4) is 0 Å². The first kappa shape index (κ1) is 22.6. The molecule has 0 aliphatic heterocycles. The summed E-state index contributed by atoms with van der Waals surface area (Å²) in [4.78, 5) is 24.3. The third-order valence-electron chi connectivity index (χ3n) is 4.67. The second-order valence-corrected chi connectivity index (χ2v) is 8.45. The lowest BCUT2D eigenvalue weighted by Gasteiger charge is -2.10. The summed E-state index contributed by atoms with van der Waals surface area (Å²) in [7, 11) is -2.44. The number of ether oxygens (including phenoxy) is 1. The predicted molar refractivity (Wildman–Crippen MR) is 109 cm³/mol. The summed E-state index contributed by atoms with van der Waals surface area (Å²) in [6, 6.07) is 7.65. The molecule has 1 aromatic heterocycles. The van der Waals surface area contributed by atoms with Crippen molar-refractivity contribution in [2.24, 2.45) is 7.05 Å². The van der Waals surface area contributed by atoms with Crippen molar-refractivity contribution in [3.63, 3.8) is 0 Å². The van der Waals surface area contributed by atoms with Crippen LogP contribution in [-0.4, -0.2) is 38.0 Å². The number of carbonyl (C=O) groups is 2. The number of nitrogens with one attached hydrogen (secondary N) is 2. The highest BCUT2D eigenvalue weighted by Crippen LogP contribution is 2.26. The van der Waals surface area contributed by atoms with Gasteiger partial charge in [0, 0.05) is 25.0 Å². The Balaban J connectivity index is 2.14. The molecule has 8 nitrogen and oxygen atoms in total. The van der Waals surface area contributed by atoms with Crippen LogP contribution < -0.4 is 10.0 Å². The van der Waals surface area contributed by atoms with Crippen molar-refractivity contribution < 1.29 is 22.7 Å². The smallest absolute Gasteiger partial charge is 0.341 e. The van der Waals surface area contributed by atoms with Gasteiger partial charge < -0.3 is 14.6 Å². The third-order valence-corrected chi connectivity index (χ3v) is 6.23. The van der Waals surface area contributed by atoms with Crippen LogP contribution in [0.3, 0.4) is 0 Å². The number of rotatable bonds is 8. The minimum atomic E-state index is -4.10. The summed E-state index contributed by atoms with van der Waals surface area (Å²) >= 11 is 0. The zero-order chi connectivity index (χ0) is 21.8. The van der Waals surface area contributed by atoms with E-state index in [1.165, 1.54) is 0 Å². The first-order chi connectivity index (χ1) is 13.6. The van der Waals surface area contributed by atoms with Crippen LogP contribution in [0.5, 0.6) is 0 Å². The summed E-state index contributed by atoms with van der Waals surface area (Å²) in [6.45, 7) is 6.82. The van der Waals surface area contributed by atoms with Gasteiger partial charge in [-0.3, -0.25) is 4.79 Å². The zero-order valence-corrected chi connectivity index (χ0v) is 18.1. The highest BCUT2D eigenvalue weighted by Gasteiger charge is 2.31. The normalized spacial score (nSPS) is 11.3. The molecule has 0 aliphatic rings. The van der Waals surface area contributed by atoms with E-state index in [0.717, 1.165) is 11.1 Å². The van der Waals surface area contributed by atoms with Gasteiger partial charge in [0.2, 0.25) is 15.9 Å². The maximum absolute atomic E-state index is 12.9. The van der Waals surface area contributed by atoms with E-state index < -0.39 is 28.4 Å². The lowest BCUT2D eigenvalue weighted by molar-refractivity contribution is -0.120. The number of aryl methyl sites for hydroxylation is 1. The van der Waals surface area contributed by atoms with E-state index >= 15 is 0 Å². The van der Waals surface area contributed by atoms with E-state index in [1.807, 2.05) is 31.2 Å². The second-order valence-electron chi connectivity index (χ2n) is 6.74. The fourth-order valence-electron chi connectivity index (χ4n) is 3.01. The van der Waals surface area contributed by atoms with Crippen LogP contribution in [0.4, 0.5) is 0 Å². The van der Waals surface area contributed by atoms with E-state index in [4.69, 9.17) is 4.74 Å². The molecule has 29 heavy (non-hydrogen) atoms. The standard InChI is InChI=1S/C20H27N3O5S/c1-6-28-20(25)18-14(3)23(5)15(4)19(18)29(26,27)22-12-17(24)21-11-16-9-7-8-13(2)10-16/h7-10,22H,6,11-12H2,1-5H3,(H,21,24). The van der Waals surface area contributed by atoms with Crippen molar-refractivity contribution >= 4 is 21.9 Å². The van der Waals surface area contributed by atoms with Gasteiger partial charge in [0.1, 0.15) is 10.5 Å². The van der Waals surface area contributed by atoms with Crippen LogP contribution in [-0.2, 0) is 33.1 Å². The first-order valence-corrected chi connectivity index (χ1v) is 10.7. The van der Waals surface area contributed by atoms with Gasteiger partial charge in [-0.25, -0.2) is 17.9 Å². The summed E-state index contributed by atoms with van der Waals surface area (Å²) in [6.07, 6.45) is 0. The number of benzene rings is 1. The Morgan fingerprint density at radius 3 is 2.45 bits per heavy atom. The van der Waals surface area contributed by atoms with Gasteiger partial charge in [0.05, 0.1) is 13.2 Å². The van der Waals surface area contributed by atoms with Crippen molar-refractivity contribution in [3.05, 3.63) is 52.3 Å². The SMILES string of the molecule is CCOC(=O)c1c(S(=O)(=O)NCC(=O)NCc2cccc(C)c2)c(C)n(C)c1C. The maximum atomic E-state index is 12.9. The third kappa shape index (κ3) is 5.24. The van der Waals surface area contributed by atoms with Crippen LogP contribution in [0, 0.1) is 20.8 Å². The summed E-state index contributed by atoms with van der Waals surface area (Å²) in [5, 5.41) is 2.68. The molecule has 0 bridgehead atoms. The van der Waals surface area contributed by atoms with Crippen LogP contribution in [0.25, 0.3) is 0 Å². The van der Waals surface area contributed by atoms with Gasteiger partial charge >= 0.3 is 5.97 Å². The minimum absolute atomic E-state index is 0.0143. The van der Waals surface area contributed by atoms with E-state index in [2.05, 4.69) is 10.0 Å². The molecule has 9 heteroatoms. The van der Waals surface area contributed by atoms with Crippen LogP contribution in [0.1, 0.15) is 39.8 Å². The van der Waals surface area contributed by atoms with Gasteiger partial charge in [-0.2, -0.15) is 0 Å². The van der Waals surface area contributed by atoms with Crippen molar-refractivity contribution in [1.82, 2.24) is 14.6 Å². The molecule has 0 radical (unpaired) electrons. The molecule has 158 valence electrons. The van der Waals surface area contributed by atoms with Crippen molar-refractivity contribution in [1.29, 1.82) is 0 Å². The molecule has 0 aliphatic carbocycles. The quantitative estimate of drug-likeness (QED) is 0.631. The number of sulfonamides is 1. The van der Waals surface area contributed by atoms with Crippen molar-refractivity contribution in [2.75, 3.05) is 13.2 Å².